The van der Waals surface area contributed by atoms with Gasteiger partial charge in [0.05, 0.1) is 6.10 Å². The number of hydrogen-bond donors (Lipinski definition) is 1. The first-order valence-electron chi connectivity index (χ1n) is 3.26. The highest BCUT2D eigenvalue weighted by molar-refractivity contribution is 8.10. The van der Waals surface area contributed by atoms with Gasteiger partial charge in [-0.1, -0.05) is 12.6 Å². The summed E-state index contributed by atoms with van der Waals surface area (Å²) >= 11 is 8.44. The van der Waals surface area contributed by atoms with E-state index in [-0.39, 0.29) is 6.10 Å². The lowest BCUT2D eigenvalue weighted by atomic mass is 10.2. The standard InChI is InChI=1S/C6H10O2S2/c9-6(10)8-4-5-2-1-3-7-5/h5H,1-4H2,(H,9,10). The second kappa shape index (κ2) is 4.16. The van der Waals surface area contributed by atoms with Gasteiger partial charge >= 0.3 is 0 Å². The van der Waals surface area contributed by atoms with E-state index in [9.17, 15) is 0 Å². The van der Waals surface area contributed by atoms with E-state index in [2.05, 4.69) is 24.8 Å². The maximum Gasteiger partial charge on any atom is 0.216 e. The summed E-state index contributed by atoms with van der Waals surface area (Å²) in [5.74, 6) is 0. The molecule has 0 radical (unpaired) electrons. The molecule has 4 heteroatoms. The van der Waals surface area contributed by atoms with Crippen molar-refractivity contribution in [3.05, 3.63) is 0 Å². The normalized spacial score (nSPS) is 24.7. The molecule has 1 rings (SSSR count). The Balaban J connectivity index is 2.07. The van der Waals surface area contributed by atoms with Crippen LogP contribution in [-0.2, 0) is 9.47 Å². The summed E-state index contributed by atoms with van der Waals surface area (Å²) in [6.07, 6.45) is 2.45. The van der Waals surface area contributed by atoms with E-state index in [4.69, 9.17) is 9.47 Å². The molecule has 0 aromatic carbocycles. The van der Waals surface area contributed by atoms with E-state index in [1.54, 1.807) is 0 Å². The average molecular weight is 178 g/mol. The Morgan fingerprint density at radius 3 is 3.10 bits per heavy atom. The first kappa shape index (κ1) is 8.30. The molecule has 0 bridgehead atoms. The molecule has 0 N–H and O–H groups in total. The maximum atomic E-state index is 5.28. The van der Waals surface area contributed by atoms with Gasteiger partial charge < -0.3 is 9.47 Å². The summed E-state index contributed by atoms with van der Waals surface area (Å²) in [6.45, 7) is 1.41. The molecule has 1 aliphatic rings. The van der Waals surface area contributed by atoms with Crippen molar-refractivity contribution < 1.29 is 9.47 Å². The quantitative estimate of drug-likeness (QED) is 0.509. The fourth-order valence-electron chi connectivity index (χ4n) is 0.940. The lowest BCUT2D eigenvalue weighted by molar-refractivity contribution is 0.0667. The van der Waals surface area contributed by atoms with Gasteiger partial charge in [0, 0.05) is 6.61 Å². The fourth-order valence-corrected chi connectivity index (χ4v) is 1.08. The van der Waals surface area contributed by atoms with Gasteiger partial charge in [0.25, 0.3) is 0 Å². The Morgan fingerprint density at radius 2 is 2.60 bits per heavy atom. The molecule has 10 heavy (non-hydrogen) atoms. The SMILES string of the molecule is S=C(S)OCC1CCCO1. The molecule has 0 spiro atoms. The predicted molar refractivity (Wildman–Crippen MR) is 46.5 cm³/mol. The van der Waals surface area contributed by atoms with Gasteiger partial charge in [-0.25, -0.2) is 0 Å². The number of thiocarbonyl (C=S) groups is 1. The first-order valence-corrected chi connectivity index (χ1v) is 4.12. The highest BCUT2D eigenvalue weighted by atomic mass is 32.1. The van der Waals surface area contributed by atoms with Crippen LogP contribution >= 0.6 is 24.8 Å². The van der Waals surface area contributed by atoms with E-state index in [0.717, 1.165) is 19.4 Å². The maximum absolute atomic E-state index is 5.28. The molecule has 58 valence electrons. The van der Waals surface area contributed by atoms with Gasteiger partial charge in [-0.3, -0.25) is 0 Å². The van der Waals surface area contributed by atoms with Crippen LogP contribution in [0.5, 0.6) is 0 Å². The minimum absolute atomic E-state index is 0.241. The topological polar surface area (TPSA) is 18.5 Å². The van der Waals surface area contributed by atoms with E-state index < -0.39 is 0 Å². The van der Waals surface area contributed by atoms with Gasteiger partial charge in [-0.2, -0.15) is 0 Å². The Kier molecular flexibility index (Phi) is 3.45. The summed E-state index contributed by atoms with van der Waals surface area (Å²) in [5.41, 5.74) is 0. The van der Waals surface area contributed by atoms with Crippen LogP contribution in [-0.4, -0.2) is 23.7 Å². The molecule has 1 aliphatic heterocycles. The van der Waals surface area contributed by atoms with Crippen LogP contribution in [0.15, 0.2) is 0 Å². The van der Waals surface area contributed by atoms with Crippen molar-refractivity contribution in [2.75, 3.05) is 13.2 Å². The van der Waals surface area contributed by atoms with E-state index in [1.807, 2.05) is 0 Å². The number of hydrogen-bond acceptors (Lipinski definition) is 3. The summed E-state index contributed by atoms with van der Waals surface area (Å²) in [4.78, 5) is 0. The van der Waals surface area contributed by atoms with Crippen molar-refractivity contribution >= 4 is 29.2 Å². The molecule has 0 saturated carbocycles. The Hall–Kier alpha value is 0.200. The van der Waals surface area contributed by atoms with Crippen LogP contribution in [0.3, 0.4) is 0 Å². The first-order chi connectivity index (χ1) is 4.79. The zero-order valence-electron chi connectivity index (χ0n) is 5.58. The van der Waals surface area contributed by atoms with Crippen LogP contribution in [0, 0.1) is 0 Å². The van der Waals surface area contributed by atoms with Crippen LogP contribution in [0.1, 0.15) is 12.8 Å². The Morgan fingerprint density at radius 1 is 1.80 bits per heavy atom. The van der Waals surface area contributed by atoms with Crippen molar-refractivity contribution in [2.45, 2.75) is 18.9 Å². The molecule has 1 heterocycles. The van der Waals surface area contributed by atoms with Crippen molar-refractivity contribution in [1.29, 1.82) is 0 Å². The van der Waals surface area contributed by atoms with Gasteiger partial charge in [0.2, 0.25) is 4.38 Å². The number of rotatable bonds is 2. The Labute approximate surface area is 71.3 Å². The molecule has 0 aliphatic carbocycles. The molecule has 1 saturated heterocycles. The minimum Gasteiger partial charge on any atom is -0.476 e. The monoisotopic (exact) mass is 178 g/mol. The second-order valence-electron chi connectivity index (χ2n) is 2.21. The average Bonchev–Trinajstić information content (AvgIpc) is 2.34. The predicted octanol–water partition coefficient (Wildman–Crippen LogP) is 1.40. The van der Waals surface area contributed by atoms with E-state index in [0.29, 0.717) is 11.0 Å². The molecular weight excluding hydrogens is 168 g/mol. The Bertz CT molecular complexity index is 121. The molecule has 0 amide bonds. The van der Waals surface area contributed by atoms with E-state index >= 15 is 0 Å². The van der Waals surface area contributed by atoms with Crippen molar-refractivity contribution in [3.63, 3.8) is 0 Å². The van der Waals surface area contributed by atoms with E-state index in [1.165, 1.54) is 0 Å². The van der Waals surface area contributed by atoms with Crippen molar-refractivity contribution in [3.8, 4) is 0 Å². The largest absolute Gasteiger partial charge is 0.476 e. The lowest BCUT2D eigenvalue weighted by Gasteiger charge is -2.08. The zero-order chi connectivity index (χ0) is 7.40. The number of ether oxygens (including phenoxy) is 2. The van der Waals surface area contributed by atoms with Gasteiger partial charge in [-0.05, 0) is 25.1 Å². The van der Waals surface area contributed by atoms with Crippen LogP contribution < -0.4 is 0 Å². The van der Waals surface area contributed by atoms with Crippen molar-refractivity contribution in [1.82, 2.24) is 0 Å². The third-order valence-corrected chi connectivity index (χ3v) is 1.66. The van der Waals surface area contributed by atoms with Gasteiger partial charge in [-0.15, -0.1) is 0 Å². The van der Waals surface area contributed by atoms with Gasteiger partial charge in [0.15, 0.2) is 0 Å². The van der Waals surface area contributed by atoms with Crippen LogP contribution in [0.25, 0.3) is 0 Å². The summed E-state index contributed by atoms with van der Waals surface area (Å²) in [7, 11) is 0. The molecule has 1 fully saturated rings. The third-order valence-electron chi connectivity index (χ3n) is 1.42. The highest BCUT2D eigenvalue weighted by Gasteiger charge is 2.15. The zero-order valence-corrected chi connectivity index (χ0v) is 7.29. The number of thiol groups is 1. The summed E-state index contributed by atoms with van der Waals surface area (Å²) < 4.78 is 10.6. The van der Waals surface area contributed by atoms with Crippen molar-refractivity contribution in [2.24, 2.45) is 0 Å². The second-order valence-corrected chi connectivity index (χ2v) is 3.29. The summed E-state index contributed by atoms with van der Waals surface area (Å²) in [5, 5.41) is 0. The minimum atomic E-state index is 0.241. The van der Waals surface area contributed by atoms with Crippen LogP contribution in [0.2, 0.25) is 0 Å². The molecular formula is C6H10O2S2. The summed E-state index contributed by atoms with van der Waals surface area (Å²) in [6, 6.07) is 0. The fraction of sp³-hybridized carbons (Fsp3) is 0.833. The smallest absolute Gasteiger partial charge is 0.216 e. The van der Waals surface area contributed by atoms with Gasteiger partial charge in [0.1, 0.15) is 6.61 Å². The van der Waals surface area contributed by atoms with Crippen LogP contribution in [0.4, 0.5) is 0 Å². The lowest BCUT2D eigenvalue weighted by Crippen LogP contribution is -2.14. The molecule has 0 aromatic rings. The highest BCUT2D eigenvalue weighted by Crippen LogP contribution is 2.12. The molecule has 1 atom stereocenters. The molecule has 2 nitrogen and oxygen atoms in total. The molecule has 1 unspecified atom stereocenters. The molecule has 0 aromatic heterocycles. The third kappa shape index (κ3) is 2.86.